The number of fused-ring (bicyclic) bond motifs is 1. The second-order valence-corrected chi connectivity index (χ2v) is 6.20. The third-order valence-electron chi connectivity index (χ3n) is 4.51. The normalized spacial score (nSPS) is 12.7. The molecule has 1 aliphatic heterocycles. The van der Waals surface area contributed by atoms with Gasteiger partial charge in [-0.25, -0.2) is 4.90 Å². The summed E-state index contributed by atoms with van der Waals surface area (Å²) in [5.74, 6) is -0.656. The molecule has 0 aromatic heterocycles. The molecule has 3 aromatic rings. The maximum Gasteiger partial charge on any atom is 0.266 e. The Balaban J connectivity index is 1.62. The van der Waals surface area contributed by atoms with E-state index in [1.165, 1.54) is 7.11 Å². The van der Waals surface area contributed by atoms with Gasteiger partial charge in [-0.15, -0.1) is 0 Å². The molecule has 6 nitrogen and oxygen atoms in total. The van der Waals surface area contributed by atoms with Gasteiger partial charge in [-0.3, -0.25) is 14.4 Å². The Labute approximate surface area is 161 Å². The maximum absolute atomic E-state index is 12.6. The first-order chi connectivity index (χ1) is 13.6. The van der Waals surface area contributed by atoms with E-state index in [0.29, 0.717) is 33.8 Å². The van der Waals surface area contributed by atoms with Crippen molar-refractivity contribution in [3.8, 4) is 5.75 Å². The Kier molecular flexibility index (Phi) is 4.37. The number of hydrogen-bond donors (Lipinski definition) is 1. The second kappa shape index (κ2) is 7.00. The zero-order valence-electron chi connectivity index (χ0n) is 15.0. The molecule has 0 unspecified atom stereocenters. The molecule has 0 radical (unpaired) electrons. The van der Waals surface area contributed by atoms with Gasteiger partial charge in [-0.1, -0.05) is 30.3 Å². The molecule has 1 N–H and O–H groups in total. The summed E-state index contributed by atoms with van der Waals surface area (Å²) in [6.07, 6.45) is 0. The van der Waals surface area contributed by atoms with E-state index in [1.807, 2.05) is 0 Å². The van der Waals surface area contributed by atoms with Crippen LogP contribution in [0, 0.1) is 0 Å². The predicted octanol–water partition coefficient (Wildman–Crippen LogP) is 3.75. The number of para-hydroxylation sites is 1. The van der Waals surface area contributed by atoms with Gasteiger partial charge in [0.1, 0.15) is 5.75 Å². The average molecular weight is 372 g/mol. The molecular formula is C22H16N2O4. The molecule has 0 fully saturated rings. The summed E-state index contributed by atoms with van der Waals surface area (Å²) in [4.78, 5) is 39.0. The van der Waals surface area contributed by atoms with Gasteiger partial charge in [0, 0.05) is 5.69 Å². The quantitative estimate of drug-likeness (QED) is 0.708. The van der Waals surface area contributed by atoms with Crippen LogP contribution in [0.5, 0.6) is 5.75 Å². The standard InChI is InChI=1S/C22H16N2O4/c1-28-19-12-5-4-11-18(19)20(25)23-14-7-6-8-15(13-14)24-21(26)16-9-2-3-10-17(16)22(24)27/h2-13H,1H3,(H,23,25). The zero-order chi connectivity index (χ0) is 19.7. The summed E-state index contributed by atoms with van der Waals surface area (Å²) < 4.78 is 5.21. The smallest absolute Gasteiger partial charge is 0.266 e. The number of nitrogens with zero attached hydrogens (tertiary/aromatic N) is 1. The van der Waals surface area contributed by atoms with Gasteiger partial charge in [0.2, 0.25) is 0 Å². The fourth-order valence-electron chi connectivity index (χ4n) is 3.18. The molecule has 6 heteroatoms. The first-order valence-corrected chi connectivity index (χ1v) is 8.62. The molecule has 0 saturated heterocycles. The van der Waals surface area contributed by atoms with Crippen molar-refractivity contribution in [1.82, 2.24) is 0 Å². The number of amides is 3. The third kappa shape index (κ3) is 2.91. The van der Waals surface area contributed by atoms with E-state index in [4.69, 9.17) is 4.74 Å². The summed E-state index contributed by atoms with van der Waals surface area (Å²) in [7, 11) is 1.50. The lowest BCUT2D eigenvalue weighted by molar-refractivity contribution is 0.0925. The predicted molar refractivity (Wildman–Crippen MR) is 105 cm³/mol. The fourth-order valence-corrected chi connectivity index (χ4v) is 3.18. The first kappa shape index (κ1) is 17.5. The van der Waals surface area contributed by atoms with Crippen LogP contribution >= 0.6 is 0 Å². The average Bonchev–Trinajstić information content (AvgIpc) is 2.99. The molecule has 0 bridgehead atoms. The Bertz CT molecular complexity index is 1070. The van der Waals surface area contributed by atoms with Crippen LogP contribution in [0.15, 0.2) is 72.8 Å². The topological polar surface area (TPSA) is 75.7 Å². The van der Waals surface area contributed by atoms with Crippen molar-refractivity contribution in [3.05, 3.63) is 89.5 Å². The number of hydrogen-bond acceptors (Lipinski definition) is 4. The number of methoxy groups -OCH3 is 1. The number of imide groups is 1. The lowest BCUT2D eigenvalue weighted by Gasteiger charge is -2.15. The second-order valence-electron chi connectivity index (χ2n) is 6.20. The Morgan fingerprint density at radius 2 is 1.50 bits per heavy atom. The molecule has 1 heterocycles. The minimum atomic E-state index is -0.381. The van der Waals surface area contributed by atoms with E-state index in [9.17, 15) is 14.4 Å². The van der Waals surface area contributed by atoms with Crippen LogP contribution in [0.25, 0.3) is 0 Å². The van der Waals surface area contributed by atoms with E-state index >= 15 is 0 Å². The van der Waals surface area contributed by atoms with Gasteiger partial charge in [0.25, 0.3) is 17.7 Å². The molecule has 0 atom stereocenters. The summed E-state index contributed by atoms with van der Waals surface area (Å²) >= 11 is 0. The molecule has 4 rings (SSSR count). The van der Waals surface area contributed by atoms with Crippen LogP contribution < -0.4 is 15.0 Å². The van der Waals surface area contributed by atoms with Crippen LogP contribution in [0.4, 0.5) is 11.4 Å². The number of rotatable bonds is 4. The van der Waals surface area contributed by atoms with Crippen LogP contribution in [-0.4, -0.2) is 24.8 Å². The van der Waals surface area contributed by atoms with Gasteiger partial charge in [0.05, 0.1) is 29.5 Å². The highest BCUT2D eigenvalue weighted by Gasteiger charge is 2.36. The fraction of sp³-hybridized carbons (Fsp3) is 0.0455. The van der Waals surface area contributed by atoms with Crippen molar-refractivity contribution < 1.29 is 19.1 Å². The summed E-state index contributed by atoms with van der Waals surface area (Å²) in [5, 5.41) is 2.78. The van der Waals surface area contributed by atoms with Crippen LogP contribution in [0.2, 0.25) is 0 Å². The highest BCUT2D eigenvalue weighted by Crippen LogP contribution is 2.30. The first-order valence-electron chi connectivity index (χ1n) is 8.62. The summed E-state index contributed by atoms with van der Waals surface area (Å²) in [5.41, 5.74) is 1.98. The molecule has 1 aliphatic rings. The SMILES string of the molecule is COc1ccccc1C(=O)Nc1cccc(N2C(=O)c3ccccc3C2=O)c1. The number of anilines is 2. The molecule has 3 aromatic carbocycles. The van der Waals surface area contributed by atoms with E-state index in [-0.39, 0.29) is 17.7 Å². The minimum absolute atomic E-state index is 0.350. The zero-order valence-corrected chi connectivity index (χ0v) is 15.0. The highest BCUT2D eigenvalue weighted by molar-refractivity contribution is 6.34. The van der Waals surface area contributed by atoms with Crippen molar-refractivity contribution in [2.24, 2.45) is 0 Å². The number of ether oxygens (including phenoxy) is 1. The third-order valence-corrected chi connectivity index (χ3v) is 4.51. The minimum Gasteiger partial charge on any atom is -0.496 e. The molecule has 0 spiro atoms. The Morgan fingerprint density at radius 1 is 0.857 bits per heavy atom. The van der Waals surface area contributed by atoms with E-state index in [1.54, 1.807) is 72.8 Å². The van der Waals surface area contributed by atoms with E-state index in [0.717, 1.165) is 4.90 Å². The molecular weight excluding hydrogens is 356 g/mol. The number of benzene rings is 3. The largest absolute Gasteiger partial charge is 0.496 e. The van der Waals surface area contributed by atoms with Gasteiger partial charge >= 0.3 is 0 Å². The van der Waals surface area contributed by atoms with E-state index in [2.05, 4.69) is 5.32 Å². The highest BCUT2D eigenvalue weighted by atomic mass is 16.5. The van der Waals surface area contributed by atoms with Crippen molar-refractivity contribution in [2.75, 3.05) is 17.3 Å². The molecule has 28 heavy (non-hydrogen) atoms. The van der Waals surface area contributed by atoms with Crippen LogP contribution in [-0.2, 0) is 0 Å². The lowest BCUT2D eigenvalue weighted by atomic mass is 10.1. The summed E-state index contributed by atoms with van der Waals surface area (Å²) in [6, 6.07) is 20.2. The van der Waals surface area contributed by atoms with Crippen molar-refractivity contribution >= 4 is 29.1 Å². The summed E-state index contributed by atoms with van der Waals surface area (Å²) in [6.45, 7) is 0. The molecule has 0 saturated carbocycles. The molecule has 138 valence electrons. The molecule has 3 amide bonds. The number of carbonyl (C=O) groups is 3. The Hall–Kier alpha value is -3.93. The monoisotopic (exact) mass is 372 g/mol. The number of nitrogens with one attached hydrogen (secondary N) is 1. The van der Waals surface area contributed by atoms with Gasteiger partial charge in [0.15, 0.2) is 0 Å². The van der Waals surface area contributed by atoms with Crippen molar-refractivity contribution in [2.45, 2.75) is 0 Å². The lowest BCUT2D eigenvalue weighted by Crippen LogP contribution is -2.29. The van der Waals surface area contributed by atoms with Crippen LogP contribution in [0.1, 0.15) is 31.1 Å². The van der Waals surface area contributed by atoms with Crippen LogP contribution in [0.3, 0.4) is 0 Å². The van der Waals surface area contributed by atoms with Gasteiger partial charge in [-0.2, -0.15) is 0 Å². The number of carbonyl (C=O) groups excluding carboxylic acids is 3. The van der Waals surface area contributed by atoms with Crippen molar-refractivity contribution in [1.29, 1.82) is 0 Å². The van der Waals surface area contributed by atoms with Gasteiger partial charge < -0.3 is 10.1 Å². The van der Waals surface area contributed by atoms with Gasteiger partial charge in [-0.05, 0) is 42.5 Å². The van der Waals surface area contributed by atoms with Crippen molar-refractivity contribution in [3.63, 3.8) is 0 Å². The Morgan fingerprint density at radius 3 is 2.18 bits per heavy atom. The van der Waals surface area contributed by atoms with E-state index < -0.39 is 0 Å². The molecule has 0 aliphatic carbocycles. The maximum atomic E-state index is 12.6.